The van der Waals surface area contributed by atoms with Crippen molar-refractivity contribution < 1.29 is 5.11 Å². The Bertz CT molecular complexity index is 377. The SMILES string of the molecule is N#Cc1cccc([C@@]2(O)CCSC2)c1. The zero-order valence-corrected chi connectivity index (χ0v) is 8.55. The van der Waals surface area contributed by atoms with E-state index in [-0.39, 0.29) is 0 Å². The zero-order valence-electron chi connectivity index (χ0n) is 7.73. The van der Waals surface area contributed by atoms with Crippen LogP contribution in [0.5, 0.6) is 0 Å². The summed E-state index contributed by atoms with van der Waals surface area (Å²) in [6, 6.07) is 9.36. The Kier molecular flexibility index (Phi) is 2.49. The van der Waals surface area contributed by atoms with Crippen LogP contribution in [0, 0.1) is 11.3 Å². The van der Waals surface area contributed by atoms with E-state index in [1.165, 1.54) is 0 Å². The quantitative estimate of drug-likeness (QED) is 0.761. The Morgan fingerprint density at radius 1 is 1.50 bits per heavy atom. The normalized spacial score (nSPS) is 26.0. The summed E-state index contributed by atoms with van der Waals surface area (Å²) in [5, 5.41) is 19.0. The van der Waals surface area contributed by atoms with Crippen molar-refractivity contribution in [2.24, 2.45) is 0 Å². The molecule has 1 aliphatic heterocycles. The molecule has 0 aliphatic carbocycles. The summed E-state index contributed by atoms with van der Waals surface area (Å²) < 4.78 is 0. The van der Waals surface area contributed by atoms with Gasteiger partial charge in [-0.05, 0) is 29.9 Å². The second-order valence-electron chi connectivity index (χ2n) is 3.53. The van der Waals surface area contributed by atoms with E-state index in [0.29, 0.717) is 5.56 Å². The fraction of sp³-hybridized carbons (Fsp3) is 0.364. The minimum Gasteiger partial charge on any atom is -0.384 e. The molecule has 1 N–H and O–H groups in total. The van der Waals surface area contributed by atoms with Gasteiger partial charge in [0.05, 0.1) is 17.2 Å². The molecule has 0 amide bonds. The van der Waals surface area contributed by atoms with Gasteiger partial charge in [-0.3, -0.25) is 0 Å². The van der Waals surface area contributed by atoms with E-state index < -0.39 is 5.60 Å². The van der Waals surface area contributed by atoms with Crippen molar-refractivity contribution in [1.82, 2.24) is 0 Å². The van der Waals surface area contributed by atoms with Crippen LogP contribution in [0.1, 0.15) is 17.5 Å². The number of hydrogen-bond acceptors (Lipinski definition) is 3. The first kappa shape index (κ1) is 9.57. The molecule has 1 heterocycles. The summed E-state index contributed by atoms with van der Waals surface area (Å²) in [4.78, 5) is 0. The van der Waals surface area contributed by atoms with Crippen molar-refractivity contribution in [3.8, 4) is 6.07 Å². The molecular formula is C11H11NOS. The summed E-state index contributed by atoms with van der Waals surface area (Å²) >= 11 is 1.76. The monoisotopic (exact) mass is 205 g/mol. The smallest absolute Gasteiger partial charge is 0.0994 e. The average molecular weight is 205 g/mol. The highest BCUT2D eigenvalue weighted by atomic mass is 32.2. The first-order valence-electron chi connectivity index (χ1n) is 4.55. The molecule has 1 aromatic rings. The molecule has 3 heteroatoms. The second-order valence-corrected chi connectivity index (χ2v) is 4.63. The summed E-state index contributed by atoms with van der Waals surface area (Å²) in [6.07, 6.45) is 0.784. The van der Waals surface area contributed by atoms with Gasteiger partial charge < -0.3 is 5.11 Å². The van der Waals surface area contributed by atoms with Crippen LogP contribution < -0.4 is 0 Å². The lowest BCUT2D eigenvalue weighted by Crippen LogP contribution is -2.24. The maximum Gasteiger partial charge on any atom is 0.0994 e. The summed E-state index contributed by atoms with van der Waals surface area (Å²) in [5.41, 5.74) is 0.784. The van der Waals surface area contributed by atoms with E-state index >= 15 is 0 Å². The molecule has 0 spiro atoms. The second kappa shape index (κ2) is 3.64. The lowest BCUT2D eigenvalue weighted by atomic mass is 9.92. The van der Waals surface area contributed by atoms with Gasteiger partial charge in [0.2, 0.25) is 0 Å². The van der Waals surface area contributed by atoms with Gasteiger partial charge in [0.25, 0.3) is 0 Å². The molecule has 2 nitrogen and oxygen atoms in total. The van der Waals surface area contributed by atoms with E-state index in [9.17, 15) is 5.11 Å². The van der Waals surface area contributed by atoms with E-state index in [1.54, 1.807) is 23.9 Å². The Labute approximate surface area is 87.6 Å². The maximum atomic E-state index is 10.3. The number of hydrogen-bond donors (Lipinski definition) is 1. The molecular weight excluding hydrogens is 194 g/mol. The lowest BCUT2D eigenvalue weighted by molar-refractivity contribution is 0.0657. The predicted molar refractivity (Wildman–Crippen MR) is 57.0 cm³/mol. The van der Waals surface area contributed by atoms with Crippen LogP contribution in [0.4, 0.5) is 0 Å². The van der Waals surface area contributed by atoms with Crippen LogP contribution in [-0.4, -0.2) is 16.6 Å². The van der Waals surface area contributed by atoms with E-state index in [4.69, 9.17) is 5.26 Å². The lowest BCUT2D eigenvalue weighted by Gasteiger charge is -2.21. The van der Waals surface area contributed by atoms with Gasteiger partial charge in [0.15, 0.2) is 0 Å². The van der Waals surface area contributed by atoms with E-state index in [2.05, 4.69) is 6.07 Å². The number of thioether (sulfide) groups is 1. The van der Waals surface area contributed by atoms with Gasteiger partial charge in [0, 0.05) is 5.75 Å². The molecule has 14 heavy (non-hydrogen) atoms. The van der Waals surface area contributed by atoms with Gasteiger partial charge in [0.1, 0.15) is 0 Å². The Morgan fingerprint density at radius 2 is 2.36 bits per heavy atom. The van der Waals surface area contributed by atoms with Crippen LogP contribution in [0.15, 0.2) is 24.3 Å². The van der Waals surface area contributed by atoms with Gasteiger partial charge in [-0.15, -0.1) is 0 Å². The van der Waals surface area contributed by atoms with Crippen molar-refractivity contribution in [3.05, 3.63) is 35.4 Å². The standard InChI is InChI=1S/C11H11NOS/c12-7-9-2-1-3-10(6-9)11(13)4-5-14-8-11/h1-3,6,13H,4-5,8H2/t11-/m1/s1. The minimum absolute atomic E-state index is 0.618. The molecule has 1 fully saturated rings. The molecule has 0 saturated carbocycles. The topological polar surface area (TPSA) is 44.0 Å². The molecule has 72 valence electrons. The van der Waals surface area contributed by atoms with Crippen LogP contribution in [-0.2, 0) is 5.60 Å². The number of nitrogens with zero attached hydrogens (tertiary/aromatic N) is 1. The van der Waals surface area contributed by atoms with Crippen molar-refractivity contribution in [2.75, 3.05) is 11.5 Å². The molecule has 0 radical (unpaired) electrons. The maximum absolute atomic E-state index is 10.3. The molecule has 1 aromatic carbocycles. The molecule has 1 atom stereocenters. The molecule has 1 aliphatic rings. The summed E-state index contributed by atoms with van der Waals surface area (Å²) in [5.74, 6) is 1.73. The molecule has 0 bridgehead atoms. The van der Waals surface area contributed by atoms with Crippen LogP contribution >= 0.6 is 11.8 Å². The number of nitriles is 1. The highest BCUT2D eigenvalue weighted by molar-refractivity contribution is 7.99. The fourth-order valence-corrected chi connectivity index (χ4v) is 2.94. The highest BCUT2D eigenvalue weighted by Crippen LogP contribution is 2.36. The van der Waals surface area contributed by atoms with Crippen LogP contribution in [0.2, 0.25) is 0 Å². The Hall–Kier alpha value is -0.980. The zero-order chi connectivity index (χ0) is 10.0. The van der Waals surface area contributed by atoms with Crippen LogP contribution in [0.3, 0.4) is 0 Å². The highest BCUT2D eigenvalue weighted by Gasteiger charge is 2.33. The third-order valence-electron chi connectivity index (χ3n) is 2.53. The van der Waals surface area contributed by atoms with Gasteiger partial charge >= 0.3 is 0 Å². The molecule has 2 rings (SSSR count). The van der Waals surface area contributed by atoms with Crippen LogP contribution in [0.25, 0.3) is 0 Å². The van der Waals surface area contributed by atoms with E-state index in [0.717, 1.165) is 23.5 Å². The molecule has 1 saturated heterocycles. The first-order valence-corrected chi connectivity index (χ1v) is 5.71. The van der Waals surface area contributed by atoms with Gasteiger partial charge in [-0.25, -0.2) is 0 Å². The summed E-state index contributed by atoms with van der Waals surface area (Å²) in [6.45, 7) is 0. The number of aliphatic hydroxyl groups is 1. The number of rotatable bonds is 1. The van der Waals surface area contributed by atoms with E-state index in [1.807, 2.05) is 12.1 Å². The molecule has 0 aromatic heterocycles. The third-order valence-corrected chi connectivity index (χ3v) is 3.70. The largest absolute Gasteiger partial charge is 0.384 e. The Balaban J connectivity index is 2.36. The molecule has 0 unspecified atom stereocenters. The summed E-state index contributed by atoms with van der Waals surface area (Å²) in [7, 11) is 0. The Morgan fingerprint density at radius 3 is 3.00 bits per heavy atom. The van der Waals surface area contributed by atoms with Crippen molar-refractivity contribution >= 4 is 11.8 Å². The predicted octanol–water partition coefficient (Wildman–Crippen LogP) is 1.88. The third kappa shape index (κ3) is 1.63. The fourth-order valence-electron chi connectivity index (χ4n) is 1.66. The van der Waals surface area contributed by atoms with Crippen molar-refractivity contribution in [2.45, 2.75) is 12.0 Å². The first-order chi connectivity index (χ1) is 6.74. The van der Waals surface area contributed by atoms with Gasteiger partial charge in [-0.2, -0.15) is 17.0 Å². The van der Waals surface area contributed by atoms with Gasteiger partial charge in [-0.1, -0.05) is 12.1 Å². The van der Waals surface area contributed by atoms with Crippen molar-refractivity contribution in [1.29, 1.82) is 5.26 Å². The van der Waals surface area contributed by atoms with Crippen molar-refractivity contribution in [3.63, 3.8) is 0 Å². The minimum atomic E-state index is -0.711. The average Bonchev–Trinajstić information content (AvgIpc) is 2.67. The number of benzene rings is 1.